The Labute approximate surface area is 65.0 Å². The van der Waals surface area contributed by atoms with Crippen LogP contribution < -0.4 is 11.1 Å². The van der Waals surface area contributed by atoms with Crippen molar-refractivity contribution in [2.45, 2.75) is 12.2 Å². The second-order valence-electron chi connectivity index (χ2n) is 2.76. The number of hydrogen-bond acceptors (Lipinski definition) is 5. The van der Waals surface area contributed by atoms with Crippen molar-refractivity contribution in [1.29, 1.82) is 0 Å². The molecule has 0 bridgehead atoms. The van der Waals surface area contributed by atoms with Crippen molar-refractivity contribution in [1.82, 2.24) is 10.2 Å². The molecular weight excluding hydrogens is 142 g/mol. The van der Waals surface area contributed by atoms with Gasteiger partial charge in [0.05, 0.1) is 13.0 Å². The third-order valence-electron chi connectivity index (χ3n) is 2.01. The molecule has 2 aliphatic rings. The van der Waals surface area contributed by atoms with Crippen LogP contribution in [0.4, 0.5) is 0 Å². The van der Waals surface area contributed by atoms with Gasteiger partial charge in [-0.05, 0) is 0 Å². The van der Waals surface area contributed by atoms with Crippen LogP contribution in [0.1, 0.15) is 0 Å². The first-order valence-corrected chi connectivity index (χ1v) is 3.57. The molecule has 3 N–H and O–H groups in total. The van der Waals surface area contributed by atoms with Gasteiger partial charge in [0.15, 0.2) is 0 Å². The minimum absolute atomic E-state index is 0.0220. The van der Waals surface area contributed by atoms with E-state index in [1.165, 1.54) is 0 Å². The number of aliphatic imine (C=N–C) groups is 2. The summed E-state index contributed by atoms with van der Waals surface area (Å²) in [6.07, 6.45) is 2.00. The van der Waals surface area contributed by atoms with Gasteiger partial charge in [0.1, 0.15) is 18.0 Å². The quantitative estimate of drug-likeness (QED) is 0.448. The summed E-state index contributed by atoms with van der Waals surface area (Å²) in [5, 5.41) is 3.19. The van der Waals surface area contributed by atoms with Crippen LogP contribution in [0.3, 0.4) is 0 Å². The Bertz CT molecular complexity index is 221. The number of amidine groups is 1. The number of rotatable bonds is 0. The second kappa shape index (κ2) is 2.20. The molecule has 60 valence electrons. The number of likely N-dealkylation sites (N-methyl/N-ethyl adjacent to an activating group) is 1. The molecule has 0 aromatic carbocycles. The van der Waals surface area contributed by atoms with Crippen LogP contribution in [0, 0.1) is 0 Å². The van der Waals surface area contributed by atoms with Crippen LogP contribution in [-0.2, 0) is 0 Å². The minimum Gasteiger partial charge on any atom is -0.386 e. The van der Waals surface area contributed by atoms with Crippen molar-refractivity contribution >= 4 is 12.2 Å². The maximum atomic E-state index is 5.65. The largest absolute Gasteiger partial charge is 0.386 e. The van der Waals surface area contributed by atoms with Crippen molar-refractivity contribution < 1.29 is 0 Å². The fraction of sp³-hybridized carbons (Fsp3) is 0.667. The molecule has 5 heteroatoms. The lowest BCUT2D eigenvalue weighted by molar-refractivity contribution is 0.317. The maximum Gasteiger partial charge on any atom is 0.142 e. The molecule has 2 aliphatic heterocycles. The highest BCUT2D eigenvalue weighted by Crippen LogP contribution is 2.11. The molecule has 0 aromatic heterocycles. The summed E-state index contributed by atoms with van der Waals surface area (Å²) >= 11 is 0. The lowest BCUT2D eigenvalue weighted by Gasteiger charge is -2.28. The monoisotopic (exact) mass is 153 g/mol. The van der Waals surface area contributed by atoms with Gasteiger partial charge in [-0.1, -0.05) is 0 Å². The van der Waals surface area contributed by atoms with Gasteiger partial charge in [-0.25, -0.2) is 0 Å². The van der Waals surface area contributed by atoms with Crippen molar-refractivity contribution in [3.8, 4) is 0 Å². The molecule has 2 unspecified atom stereocenters. The Morgan fingerprint density at radius 2 is 2.64 bits per heavy atom. The summed E-state index contributed by atoms with van der Waals surface area (Å²) in [4.78, 5) is 10.3. The Kier molecular flexibility index (Phi) is 1.32. The maximum absolute atomic E-state index is 5.65. The van der Waals surface area contributed by atoms with Crippen molar-refractivity contribution in [3.63, 3.8) is 0 Å². The van der Waals surface area contributed by atoms with E-state index in [2.05, 4.69) is 15.3 Å². The molecule has 2 heterocycles. The highest BCUT2D eigenvalue weighted by Gasteiger charge is 2.32. The van der Waals surface area contributed by atoms with Gasteiger partial charge in [0.25, 0.3) is 0 Å². The fourth-order valence-electron chi connectivity index (χ4n) is 1.37. The van der Waals surface area contributed by atoms with Gasteiger partial charge in [-0.15, -0.1) is 0 Å². The molecule has 11 heavy (non-hydrogen) atoms. The normalized spacial score (nSPS) is 35.4. The molecule has 5 nitrogen and oxygen atoms in total. The van der Waals surface area contributed by atoms with E-state index in [1.54, 1.807) is 6.34 Å². The molecule has 0 aromatic rings. The number of nitrogens with one attached hydrogen (secondary N) is 1. The SMILES string of the molecule is CN1C=NC2C(N)=NCNC21. The van der Waals surface area contributed by atoms with Crippen molar-refractivity contribution in [2.75, 3.05) is 13.7 Å². The molecule has 0 spiro atoms. The van der Waals surface area contributed by atoms with Gasteiger partial charge in [-0.3, -0.25) is 15.3 Å². The lowest BCUT2D eigenvalue weighted by Crippen LogP contribution is -2.54. The Hall–Kier alpha value is -1.10. The lowest BCUT2D eigenvalue weighted by atomic mass is 10.2. The van der Waals surface area contributed by atoms with E-state index in [-0.39, 0.29) is 12.2 Å². The zero-order chi connectivity index (χ0) is 7.84. The summed E-state index contributed by atoms with van der Waals surface area (Å²) in [5.41, 5.74) is 5.65. The third-order valence-corrected chi connectivity index (χ3v) is 2.01. The van der Waals surface area contributed by atoms with E-state index in [1.807, 2.05) is 11.9 Å². The molecule has 0 amide bonds. The average Bonchev–Trinajstić information content (AvgIpc) is 2.35. The van der Waals surface area contributed by atoms with E-state index in [4.69, 9.17) is 5.73 Å². The van der Waals surface area contributed by atoms with Gasteiger partial charge in [-0.2, -0.15) is 0 Å². The predicted octanol–water partition coefficient (Wildman–Crippen LogP) is -1.43. The van der Waals surface area contributed by atoms with Crippen LogP contribution in [0.2, 0.25) is 0 Å². The van der Waals surface area contributed by atoms with Crippen molar-refractivity contribution in [2.24, 2.45) is 15.7 Å². The number of fused-ring (bicyclic) bond motifs is 1. The number of hydrogen-bond donors (Lipinski definition) is 2. The van der Waals surface area contributed by atoms with Crippen LogP contribution in [-0.4, -0.2) is 43.0 Å². The van der Waals surface area contributed by atoms with Crippen LogP contribution >= 0.6 is 0 Å². The minimum atomic E-state index is 0.0220. The summed E-state index contributed by atoms with van der Waals surface area (Å²) in [7, 11) is 1.97. The Balaban J connectivity index is 2.24. The molecule has 2 rings (SSSR count). The Morgan fingerprint density at radius 3 is 3.36 bits per heavy atom. The second-order valence-corrected chi connectivity index (χ2v) is 2.76. The topological polar surface area (TPSA) is 66.0 Å². The first-order chi connectivity index (χ1) is 5.29. The highest BCUT2D eigenvalue weighted by atomic mass is 15.4. The first-order valence-electron chi connectivity index (χ1n) is 3.57. The predicted molar refractivity (Wildman–Crippen MR) is 43.5 cm³/mol. The van der Waals surface area contributed by atoms with E-state index in [0.717, 1.165) is 0 Å². The summed E-state index contributed by atoms with van der Waals surface area (Å²) < 4.78 is 0. The smallest absolute Gasteiger partial charge is 0.142 e. The van der Waals surface area contributed by atoms with Gasteiger partial charge in [0.2, 0.25) is 0 Å². The Morgan fingerprint density at radius 1 is 1.82 bits per heavy atom. The van der Waals surface area contributed by atoms with Crippen LogP contribution in [0.15, 0.2) is 9.98 Å². The van der Waals surface area contributed by atoms with E-state index >= 15 is 0 Å². The first kappa shape index (κ1) is 6.60. The molecule has 2 atom stereocenters. The fourth-order valence-corrected chi connectivity index (χ4v) is 1.37. The van der Waals surface area contributed by atoms with E-state index < -0.39 is 0 Å². The molecule has 0 saturated heterocycles. The van der Waals surface area contributed by atoms with Crippen LogP contribution in [0.5, 0.6) is 0 Å². The highest BCUT2D eigenvalue weighted by molar-refractivity contribution is 5.89. The zero-order valence-corrected chi connectivity index (χ0v) is 6.36. The molecular formula is C6H11N5. The molecule has 0 aliphatic carbocycles. The van der Waals surface area contributed by atoms with Crippen molar-refractivity contribution in [3.05, 3.63) is 0 Å². The standard InChI is InChI=1S/C6H11N5/c1-11-3-10-4-5(7)8-2-9-6(4)11/h3-4,6,9H,2H2,1H3,(H2,7,8). The number of nitrogens with two attached hydrogens (primary N) is 1. The van der Waals surface area contributed by atoms with Gasteiger partial charge < -0.3 is 10.6 Å². The average molecular weight is 153 g/mol. The van der Waals surface area contributed by atoms with Crippen LogP contribution in [0.25, 0.3) is 0 Å². The van der Waals surface area contributed by atoms with E-state index in [9.17, 15) is 0 Å². The van der Waals surface area contributed by atoms with Gasteiger partial charge >= 0.3 is 0 Å². The summed E-state index contributed by atoms with van der Waals surface area (Å²) in [5.74, 6) is 0.634. The summed E-state index contributed by atoms with van der Waals surface area (Å²) in [6, 6.07) is 0.0220. The third kappa shape index (κ3) is 0.883. The molecule has 0 radical (unpaired) electrons. The zero-order valence-electron chi connectivity index (χ0n) is 6.36. The number of nitrogens with zero attached hydrogens (tertiary/aromatic N) is 3. The molecule has 0 fully saturated rings. The summed E-state index contributed by atoms with van der Waals surface area (Å²) in [6.45, 7) is 0.598. The molecule has 0 saturated carbocycles. The van der Waals surface area contributed by atoms with Gasteiger partial charge in [0, 0.05) is 7.05 Å². The van der Waals surface area contributed by atoms with E-state index in [0.29, 0.717) is 12.5 Å².